The number of ether oxygens (including phenoxy) is 1. The highest BCUT2D eigenvalue weighted by molar-refractivity contribution is 7.85. The van der Waals surface area contributed by atoms with Gasteiger partial charge in [-0.1, -0.05) is 78.7 Å². The molecular formula is C49H85N11O17S. The predicted molar refractivity (Wildman–Crippen MR) is 282 cm³/mol. The number of ketones is 1. The number of nitrogens with two attached hydrogens (primary N) is 2. The quantitative estimate of drug-likeness (QED) is 0.0139. The molecule has 0 radical (unpaired) electrons. The standard InChI is InChI=1S/C49H85N11O17S/c1-8-29(5)18-14-12-10-11-13-15-19-31(63)22-38(64)52-37(27-78(74,75)76)46(70)59-41-30(6)77-39(65)24-60(7)49(73)33(20-16-17-21-50)54-44(68)35(25-61)56-47(71)40(28(3)4)58-42(66)32(9-2)53-43(67)34(23-51)55-45(69)36(26-62)57-48(41)72/h9,28-30,33-37,40-41,61-62H,8,10-27,50-51H2,1-7H3,(H,52,64)(H,53,67)(H,54,68)(H,55,69)(H,56,71)(H,57,72)(H,58,66)(H,59,70)(H,74,75,76). The Hall–Kier alpha value is -6.14. The number of Topliss-reactive ketones (excluding diaryl/α,β-unsaturated/α-hetero) is 1. The summed E-state index contributed by atoms with van der Waals surface area (Å²) in [6.07, 6.45) is 6.47. The minimum atomic E-state index is -5.10. The van der Waals surface area contributed by atoms with Gasteiger partial charge < -0.3 is 73.9 Å². The molecular weight excluding hydrogens is 1050 g/mol. The smallest absolute Gasteiger partial charge is 0.325 e. The third kappa shape index (κ3) is 26.0. The van der Waals surface area contributed by atoms with E-state index >= 15 is 0 Å². The first kappa shape index (κ1) is 69.9. The van der Waals surface area contributed by atoms with Crippen LogP contribution in [0.4, 0.5) is 0 Å². The summed E-state index contributed by atoms with van der Waals surface area (Å²) < 4.78 is 39.5. The van der Waals surface area contributed by atoms with Crippen molar-refractivity contribution in [1.82, 2.24) is 47.4 Å². The monoisotopic (exact) mass is 1130 g/mol. The van der Waals surface area contributed by atoms with Crippen molar-refractivity contribution in [3.05, 3.63) is 11.8 Å². The Bertz CT molecular complexity index is 2200. The van der Waals surface area contributed by atoms with E-state index in [-0.39, 0.29) is 25.8 Å². The summed E-state index contributed by atoms with van der Waals surface area (Å²) in [5.74, 6) is -13.7. The van der Waals surface area contributed by atoms with E-state index in [1.54, 1.807) is 0 Å². The van der Waals surface area contributed by atoms with Crippen molar-refractivity contribution in [3.63, 3.8) is 0 Å². The molecule has 1 aliphatic heterocycles. The molecule has 15 N–H and O–H groups in total. The Kier molecular flexibility index (Phi) is 32.3. The average molecular weight is 1130 g/mol. The number of allylic oxidation sites excluding steroid dienone is 1. The van der Waals surface area contributed by atoms with Gasteiger partial charge in [0.25, 0.3) is 16.0 Å². The fraction of sp³-hybridized carbons (Fsp3) is 0.735. The molecule has 28 nitrogen and oxygen atoms in total. The number of esters is 1. The second-order valence-corrected chi connectivity index (χ2v) is 21.1. The van der Waals surface area contributed by atoms with Gasteiger partial charge in [-0.25, -0.2) is 0 Å². The van der Waals surface area contributed by atoms with Gasteiger partial charge >= 0.3 is 5.97 Å². The van der Waals surface area contributed by atoms with E-state index in [1.165, 1.54) is 20.8 Å². The summed E-state index contributed by atoms with van der Waals surface area (Å²) in [4.78, 5) is 150. The first-order chi connectivity index (χ1) is 36.7. The van der Waals surface area contributed by atoms with Crippen LogP contribution in [0.2, 0.25) is 0 Å². The predicted octanol–water partition coefficient (Wildman–Crippen LogP) is -3.45. The second-order valence-electron chi connectivity index (χ2n) is 19.6. The molecule has 0 aromatic heterocycles. The Labute approximate surface area is 456 Å². The highest BCUT2D eigenvalue weighted by Gasteiger charge is 2.38. The van der Waals surface area contributed by atoms with Crippen LogP contribution in [-0.2, 0) is 67.6 Å². The van der Waals surface area contributed by atoms with Gasteiger partial charge in [0, 0.05) is 20.0 Å². The zero-order valence-electron chi connectivity index (χ0n) is 45.9. The largest absolute Gasteiger partial charge is 0.459 e. The zero-order chi connectivity index (χ0) is 59.3. The van der Waals surface area contributed by atoms with Crippen molar-refractivity contribution in [2.45, 2.75) is 173 Å². The van der Waals surface area contributed by atoms with E-state index in [9.17, 15) is 75.9 Å². The van der Waals surface area contributed by atoms with Gasteiger partial charge in [-0.15, -0.1) is 0 Å². The van der Waals surface area contributed by atoms with Crippen LogP contribution in [0, 0.1) is 11.8 Å². The molecule has 1 saturated heterocycles. The van der Waals surface area contributed by atoms with Crippen LogP contribution >= 0.6 is 0 Å². The van der Waals surface area contributed by atoms with Crippen molar-refractivity contribution in [1.29, 1.82) is 0 Å². The lowest BCUT2D eigenvalue weighted by Crippen LogP contribution is -2.63. The van der Waals surface area contributed by atoms with Crippen LogP contribution in [0.25, 0.3) is 0 Å². The highest BCUT2D eigenvalue weighted by Crippen LogP contribution is 2.15. The van der Waals surface area contributed by atoms with E-state index < -0.39 is 174 Å². The molecule has 0 aromatic carbocycles. The van der Waals surface area contributed by atoms with Crippen molar-refractivity contribution in [2.75, 3.05) is 45.6 Å². The lowest BCUT2D eigenvalue weighted by molar-refractivity contribution is -0.156. The topological polar surface area (TPSA) is 443 Å². The van der Waals surface area contributed by atoms with Crippen LogP contribution in [0.15, 0.2) is 11.8 Å². The third-order valence-electron chi connectivity index (χ3n) is 12.7. The summed E-state index contributed by atoms with van der Waals surface area (Å²) in [5, 5.41) is 38.5. The molecule has 9 atom stereocenters. The first-order valence-corrected chi connectivity index (χ1v) is 27.9. The Balaban J connectivity index is 3.70. The fourth-order valence-electron chi connectivity index (χ4n) is 7.80. The van der Waals surface area contributed by atoms with Gasteiger partial charge in [0.05, 0.1) is 19.6 Å². The number of carbonyl (C=O) groups excluding carboxylic acids is 11. The number of likely N-dealkylation sites (N-methyl/N-ethyl adjacent to an activating group) is 1. The highest BCUT2D eigenvalue weighted by atomic mass is 32.2. The number of nitrogens with one attached hydrogen (secondary N) is 8. The maximum absolute atomic E-state index is 14.1. The number of aliphatic hydroxyl groups excluding tert-OH is 2. The molecule has 1 rings (SSSR count). The van der Waals surface area contributed by atoms with Crippen molar-refractivity contribution < 1.29 is 80.7 Å². The Morgan fingerprint density at radius 3 is 1.88 bits per heavy atom. The number of hydrogen-bond donors (Lipinski definition) is 13. The zero-order valence-corrected chi connectivity index (χ0v) is 46.7. The normalized spacial score (nSPS) is 23.5. The molecule has 0 aromatic rings. The van der Waals surface area contributed by atoms with E-state index in [2.05, 4.69) is 56.4 Å². The maximum Gasteiger partial charge on any atom is 0.325 e. The van der Waals surface area contributed by atoms with E-state index in [1.807, 2.05) is 0 Å². The van der Waals surface area contributed by atoms with Gasteiger partial charge in [-0.3, -0.25) is 57.3 Å². The number of cyclic esters (lactones) is 1. The molecule has 0 bridgehead atoms. The minimum absolute atomic E-state index is 0.00211. The summed E-state index contributed by atoms with van der Waals surface area (Å²) in [6.45, 7) is 6.23. The second kappa shape index (κ2) is 36.1. The van der Waals surface area contributed by atoms with Crippen molar-refractivity contribution in [3.8, 4) is 0 Å². The first-order valence-electron chi connectivity index (χ1n) is 26.3. The van der Waals surface area contributed by atoms with Crippen molar-refractivity contribution in [2.24, 2.45) is 23.3 Å². The molecule has 0 saturated carbocycles. The minimum Gasteiger partial charge on any atom is -0.459 e. The summed E-state index contributed by atoms with van der Waals surface area (Å²) in [7, 11) is -3.97. The van der Waals surface area contributed by atoms with Gasteiger partial charge in [0.1, 0.15) is 72.2 Å². The van der Waals surface area contributed by atoms with Crippen LogP contribution in [0.1, 0.15) is 125 Å². The van der Waals surface area contributed by atoms with Crippen molar-refractivity contribution >= 4 is 75.0 Å². The average Bonchev–Trinajstić information content (AvgIpc) is 3.37. The molecule has 9 unspecified atom stereocenters. The molecule has 1 heterocycles. The molecule has 1 fully saturated rings. The SMILES string of the molecule is CC=C1NC(=O)C(CN)NC(=O)C(CO)NC(=O)C(NC(=O)C(CS(=O)(=O)O)NC(=O)CC(=O)CCCCCCCCC(C)CC)C(C)OC(=O)CN(C)C(=O)C(CCCCN)NC(=O)C(CO)NC(=O)C(C(C)C)NC1=O. The Morgan fingerprint density at radius 1 is 0.782 bits per heavy atom. The van der Waals surface area contributed by atoms with E-state index in [4.69, 9.17) is 16.2 Å². The summed E-state index contributed by atoms with van der Waals surface area (Å²) in [5.41, 5.74) is 11.0. The number of unbranched alkanes of at least 4 members (excludes halogenated alkanes) is 6. The third-order valence-corrected chi connectivity index (χ3v) is 13.4. The van der Waals surface area contributed by atoms with Crippen LogP contribution in [0.5, 0.6) is 0 Å². The number of carbonyl (C=O) groups is 11. The number of amides is 9. The number of hydrogen-bond acceptors (Lipinski definition) is 18. The van der Waals surface area contributed by atoms with Crippen LogP contribution in [0.3, 0.4) is 0 Å². The van der Waals surface area contributed by atoms with Gasteiger partial charge in [0.15, 0.2) is 0 Å². The summed E-state index contributed by atoms with van der Waals surface area (Å²) >= 11 is 0. The number of aliphatic hydroxyl groups is 2. The fourth-order valence-corrected chi connectivity index (χ4v) is 8.46. The molecule has 78 heavy (non-hydrogen) atoms. The maximum atomic E-state index is 14.1. The van der Waals surface area contributed by atoms with E-state index in [0.29, 0.717) is 25.2 Å². The van der Waals surface area contributed by atoms with E-state index in [0.717, 1.165) is 63.5 Å². The van der Waals surface area contributed by atoms with Crippen LogP contribution in [-0.4, -0.2) is 187 Å². The molecule has 0 spiro atoms. The number of rotatable bonds is 25. The van der Waals surface area contributed by atoms with Gasteiger partial charge in [-0.2, -0.15) is 8.42 Å². The molecule has 9 amide bonds. The Morgan fingerprint density at radius 2 is 1.35 bits per heavy atom. The van der Waals surface area contributed by atoms with Gasteiger partial charge in [-0.05, 0) is 57.9 Å². The van der Waals surface area contributed by atoms with Crippen LogP contribution < -0.4 is 54.0 Å². The number of nitrogens with zero attached hydrogens (tertiary/aromatic N) is 1. The molecule has 444 valence electrons. The lowest BCUT2D eigenvalue weighted by Gasteiger charge is -2.29. The van der Waals surface area contributed by atoms with Gasteiger partial charge in [0.2, 0.25) is 47.3 Å². The molecule has 29 heteroatoms. The lowest BCUT2D eigenvalue weighted by atomic mass is 9.99. The molecule has 1 aliphatic rings. The molecule has 0 aliphatic carbocycles. The summed E-state index contributed by atoms with van der Waals surface area (Å²) in [6, 6.07) is -12.6.